The van der Waals surface area contributed by atoms with Crippen molar-refractivity contribution in [3.8, 4) is 17.2 Å². The topological polar surface area (TPSA) is 64.1 Å². The highest BCUT2D eigenvalue weighted by Crippen LogP contribution is 2.30. The molecule has 146 valence electrons. The van der Waals surface area contributed by atoms with Crippen molar-refractivity contribution >= 4 is 11.6 Å². The van der Waals surface area contributed by atoms with Gasteiger partial charge in [-0.15, -0.1) is 0 Å². The van der Waals surface area contributed by atoms with Crippen LogP contribution in [0.25, 0.3) is 0 Å². The Morgan fingerprint density at radius 3 is 2.41 bits per heavy atom. The van der Waals surface area contributed by atoms with Gasteiger partial charge in [-0.05, 0) is 44.0 Å². The Morgan fingerprint density at radius 1 is 0.963 bits per heavy atom. The monoisotopic (exact) mass is 371 g/mol. The zero-order chi connectivity index (χ0) is 19.5. The second kappa shape index (κ2) is 11.0. The summed E-state index contributed by atoms with van der Waals surface area (Å²) in [7, 11) is 3.37. The first kappa shape index (κ1) is 20.4. The molecule has 0 saturated heterocycles. The van der Waals surface area contributed by atoms with E-state index in [1.165, 1.54) is 5.56 Å². The third kappa shape index (κ3) is 6.09. The molecule has 0 aliphatic heterocycles. The van der Waals surface area contributed by atoms with Gasteiger partial charge in [-0.3, -0.25) is 4.99 Å². The van der Waals surface area contributed by atoms with E-state index in [4.69, 9.17) is 14.2 Å². The van der Waals surface area contributed by atoms with E-state index in [0.717, 1.165) is 30.2 Å². The lowest BCUT2D eigenvalue weighted by Gasteiger charge is -2.15. The Hall–Kier alpha value is -2.89. The molecule has 6 nitrogen and oxygen atoms in total. The van der Waals surface area contributed by atoms with Crippen LogP contribution in [0.3, 0.4) is 0 Å². The van der Waals surface area contributed by atoms with E-state index in [9.17, 15) is 0 Å². The van der Waals surface area contributed by atoms with E-state index < -0.39 is 0 Å². The number of hydrogen-bond acceptors (Lipinski definition) is 4. The van der Waals surface area contributed by atoms with E-state index >= 15 is 0 Å². The molecule has 0 amide bonds. The van der Waals surface area contributed by atoms with Gasteiger partial charge in [-0.2, -0.15) is 0 Å². The molecular formula is C21H29N3O3. The minimum atomic E-state index is 0.593. The zero-order valence-electron chi connectivity index (χ0n) is 16.5. The van der Waals surface area contributed by atoms with Crippen molar-refractivity contribution in [1.29, 1.82) is 0 Å². The number of anilines is 1. The van der Waals surface area contributed by atoms with Gasteiger partial charge in [-0.25, -0.2) is 0 Å². The van der Waals surface area contributed by atoms with Crippen molar-refractivity contribution in [2.75, 3.05) is 39.2 Å². The molecule has 2 aromatic rings. The molecule has 0 aromatic heterocycles. The smallest absolute Gasteiger partial charge is 0.195 e. The molecule has 0 bridgehead atoms. The number of ether oxygens (including phenoxy) is 3. The standard InChI is InChI=1S/C21H29N3O3/c1-5-26-18-10-8-7-9-16(18)13-14-23-21(22-3)24-17-11-12-19(27-6-2)20(15-17)25-4/h7-12,15H,5-6,13-14H2,1-4H3,(H2,22,23,24). The molecular weight excluding hydrogens is 342 g/mol. The second-order valence-electron chi connectivity index (χ2n) is 5.71. The van der Waals surface area contributed by atoms with Crippen LogP contribution in [-0.2, 0) is 6.42 Å². The summed E-state index contributed by atoms with van der Waals surface area (Å²) in [4.78, 5) is 4.28. The van der Waals surface area contributed by atoms with Crippen LogP contribution in [0.1, 0.15) is 19.4 Å². The van der Waals surface area contributed by atoms with E-state index in [1.807, 2.05) is 50.2 Å². The molecule has 0 unspecified atom stereocenters. The predicted molar refractivity (Wildman–Crippen MR) is 110 cm³/mol. The largest absolute Gasteiger partial charge is 0.494 e. The Kier molecular flexibility index (Phi) is 8.29. The first-order valence-electron chi connectivity index (χ1n) is 9.21. The lowest BCUT2D eigenvalue weighted by atomic mass is 10.1. The van der Waals surface area contributed by atoms with Crippen LogP contribution in [0.5, 0.6) is 17.2 Å². The number of nitrogens with one attached hydrogen (secondary N) is 2. The number of hydrogen-bond donors (Lipinski definition) is 2. The van der Waals surface area contributed by atoms with Gasteiger partial charge in [0.05, 0.1) is 20.3 Å². The van der Waals surface area contributed by atoms with E-state index in [-0.39, 0.29) is 0 Å². The fraction of sp³-hybridized carbons (Fsp3) is 0.381. The van der Waals surface area contributed by atoms with Crippen molar-refractivity contribution in [1.82, 2.24) is 5.32 Å². The van der Waals surface area contributed by atoms with E-state index in [2.05, 4.69) is 21.7 Å². The van der Waals surface area contributed by atoms with Gasteiger partial charge in [0.1, 0.15) is 5.75 Å². The fourth-order valence-electron chi connectivity index (χ4n) is 2.66. The fourth-order valence-corrected chi connectivity index (χ4v) is 2.66. The molecule has 0 aliphatic carbocycles. The van der Waals surface area contributed by atoms with Gasteiger partial charge < -0.3 is 24.8 Å². The van der Waals surface area contributed by atoms with Crippen molar-refractivity contribution in [2.45, 2.75) is 20.3 Å². The summed E-state index contributed by atoms with van der Waals surface area (Å²) in [6.45, 7) is 5.92. The number of benzene rings is 2. The summed E-state index contributed by atoms with van der Waals surface area (Å²) < 4.78 is 16.6. The highest BCUT2D eigenvalue weighted by Gasteiger charge is 2.07. The maximum Gasteiger partial charge on any atom is 0.195 e. The second-order valence-corrected chi connectivity index (χ2v) is 5.71. The minimum Gasteiger partial charge on any atom is -0.494 e. The molecule has 0 fully saturated rings. The molecule has 2 rings (SSSR count). The normalized spacial score (nSPS) is 11.0. The van der Waals surface area contributed by atoms with Gasteiger partial charge in [0, 0.05) is 25.3 Å². The number of nitrogens with zero attached hydrogens (tertiary/aromatic N) is 1. The summed E-state index contributed by atoms with van der Waals surface area (Å²) >= 11 is 0. The van der Waals surface area contributed by atoms with Gasteiger partial charge in [0.15, 0.2) is 17.5 Å². The molecule has 0 atom stereocenters. The van der Waals surface area contributed by atoms with E-state index in [1.54, 1.807) is 14.2 Å². The van der Waals surface area contributed by atoms with Crippen molar-refractivity contribution in [2.24, 2.45) is 4.99 Å². The highest BCUT2D eigenvalue weighted by molar-refractivity contribution is 5.93. The third-order valence-corrected chi connectivity index (χ3v) is 3.91. The number of aliphatic imine (C=N–C) groups is 1. The number of methoxy groups -OCH3 is 1. The molecule has 0 saturated carbocycles. The van der Waals surface area contributed by atoms with Crippen LogP contribution in [0.2, 0.25) is 0 Å². The first-order chi connectivity index (χ1) is 13.2. The molecule has 0 spiro atoms. The molecule has 27 heavy (non-hydrogen) atoms. The first-order valence-corrected chi connectivity index (χ1v) is 9.21. The summed E-state index contributed by atoms with van der Waals surface area (Å²) in [5, 5.41) is 6.60. The maximum atomic E-state index is 5.67. The third-order valence-electron chi connectivity index (χ3n) is 3.91. The Labute approximate surface area is 161 Å². The summed E-state index contributed by atoms with van der Waals surface area (Å²) in [5.41, 5.74) is 2.04. The van der Waals surface area contributed by atoms with Crippen LogP contribution < -0.4 is 24.8 Å². The van der Waals surface area contributed by atoms with Gasteiger partial charge >= 0.3 is 0 Å². The molecule has 0 radical (unpaired) electrons. The Morgan fingerprint density at radius 2 is 1.70 bits per heavy atom. The predicted octanol–water partition coefficient (Wildman–Crippen LogP) is 3.72. The van der Waals surface area contributed by atoms with Crippen molar-refractivity contribution < 1.29 is 14.2 Å². The average molecular weight is 371 g/mol. The van der Waals surface area contributed by atoms with Gasteiger partial charge in [-0.1, -0.05) is 18.2 Å². The number of guanidine groups is 1. The summed E-state index contributed by atoms with van der Waals surface area (Å²) in [5.74, 6) is 3.03. The summed E-state index contributed by atoms with van der Waals surface area (Å²) in [6.07, 6.45) is 0.837. The van der Waals surface area contributed by atoms with Crippen LogP contribution in [0.4, 0.5) is 5.69 Å². The molecule has 2 N–H and O–H groups in total. The van der Waals surface area contributed by atoms with Crippen LogP contribution in [0, 0.1) is 0 Å². The molecule has 6 heteroatoms. The van der Waals surface area contributed by atoms with Gasteiger partial charge in [0.2, 0.25) is 0 Å². The Balaban J connectivity index is 1.95. The SMILES string of the molecule is CCOc1ccccc1CCNC(=NC)Nc1ccc(OCC)c(OC)c1. The number of para-hydroxylation sites is 1. The maximum absolute atomic E-state index is 5.67. The lowest BCUT2D eigenvalue weighted by molar-refractivity contribution is 0.311. The van der Waals surface area contributed by atoms with Crippen LogP contribution >= 0.6 is 0 Å². The van der Waals surface area contributed by atoms with Crippen molar-refractivity contribution in [3.63, 3.8) is 0 Å². The molecule has 0 heterocycles. The Bertz CT molecular complexity index is 747. The van der Waals surface area contributed by atoms with Crippen LogP contribution in [0.15, 0.2) is 47.5 Å². The van der Waals surface area contributed by atoms with Crippen LogP contribution in [-0.4, -0.2) is 39.9 Å². The highest BCUT2D eigenvalue weighted by atomic mass is 16.5. The summed E-state index contributed by atoms with van der Waals surface area (Å²) in [6, 6.07) is 13.8. The van der Waals surface area contributed by atoms with Gasteiger partial charge in [0.25, 0.3) is 0 Å². The van der Waals surface area contributed by atoms with Crippen molar-refractivity contribution in [3.05, 3.63) is 48.0 Å². The average Bonchev–Trinajstić information content (AvgIpc) is 2.69. The quantitative estimate of drug-likeness (QED) is 0.519. The lowest BCUT2D eigenvalue weighted by Crippen LogP contribution is -2.32. The molecule has 2 aromatic carbocycles. The number of rotatable bonds is 9. The molecule has 0 aliphatic rings. The minimum absolute atomic E-state index is 0.593. The zero-order valence-corrected chi connectivity index (χ0v) is 16.5. The van der Waals surface area contributed by atoms with E-state index in [0.29, 0.717) is 24.9 Å².